The molecule has 0 aliphatic heterocycles. The molecule has 0 radical (unpaired) electrons. The molecule has 0 bridgehead atoms. The molecule has 1 heterocycles. The molecular formula is C81H86N2O8. The number of methoxy groups -OCH3 is 4. The van der Waals surface area contributed by atoms with Crippen LogP contribution in [-0.4, -0.2) is 112 Å². The number of ether oxygens (including phenoxy) is 8. The van der Waals surface area contributed by atoms with Crippen molar-refractivity contribution in [1.82, 2.24) is 4.57 Å². The first-order valence-electron chi connectivity index (χ1n) is 32.5. The summed E-state index contributed by atoms with van der Waals surface area (Å²) in [6, 6.07) is 69.3. The SMILES string of the molecule is COCCOCCC1(CCOCCOC)c2cc(C)ccc2-c2ccc(N(c3ccc(-c4ccc5c(c4)c4ccccc4n5-c4ccc5c(c4)C(C)(C)c4ccccc4-5)cc3)c3ccc4c(c3)C(CCOCCOC)(CCOCCOC)c3cc(C)ccc3-4)cc21. The number of para-hydroxylation sites is 1. The van der Waals surface area contributed by atoms with Gasteiger partial charge in [0.1, 0.15) is 0 Å². The summed E-state index contributed by atoms with van der Waals surface area (Å²) >= 11 is 0. The molecule has 10 aromatic rings. The molecule has 468 valence electrons. The summed E-state index contributed by atoms with van der Waals surface area (Å²) in [6.45, 7) is 15.6. The van der Waals surface area contributed by atoms with E-state index in [9.17, 15) is 0 Å². The lowest BCUT2D eigenvalue weighted by molar-refractivity contribution is 0.0490. The van der Waals surface area contributed by atoms with Gasteiger partial charge in [-0.3, -0.25) is 0 Å². The van der Waals surface area contributed by atoms with Crippen molar-refractivity contribution >= 4 is 38.9 Å². The lowest BCUT2D eigenvalue weighted by Crippen LogP contribution is -2.30. The lowest BCUT2D eigenvalue weighted by Gasteiger charge is -2.35. The van der Waals surface area contributed by atoms with E-state index in [2.05, 4.69) is 219 Å². The third kappa shape index (κ3) is 11.5. The van der Waals surface area contributed by atoms with E-state index in [0.29, 0.717) is 79.3 Å². The van der Waals surface area contributed by atoms with Gasteiger partial charge >= 0.3 is 0 Å². The molecule has 0 saturated heterocycles. The Kier molecular flexibility index (Phi) is 18.3. The van der Waals surface area contributed by atoms with Crippen molar-refractivity contribution in [3.8, 4) is 50.2 Å². The van der Waals surface area contributed by atoms with E-state index in [0.717, 1.165) is 53.9 Å². The minimum atomic E-state index is -0.411. The van der Waals surface area contributed by atoms with E-state index in [1.807, 2.05) is 0 Å². The minimum absolute atomic E-state index is 0.111. The molecule has 0 spiro atoms. The summed E-state index contributed by atoms with van der Waals surface area (Å²) in [6.07, 6.45) is 3.08. The van der Waals surface area contributed by atoms with Crippen LogP contribution in [0.25, 0.3) is 72.0 Å². The summed E-state index contributed by atoms with van der Waals surface area (Å²) in [5.74, 6) is 0. The maximum Gasteiger partial charge on any atom is 0.0700 e. The standard InChI is InChI=1S/C81H86N2O8/c1-55-17-27-65-67-30-24-60(53-75(67)80(73(65)49-55,33-37-88-45-41-84-5)34-38-89-46-42-85-6)82(61-25-31-68-66-28-18-56(2)50-74(66)81(76(68)54-61,35-39-90-47-43-86-7)36-40-91-48-44-87-8)59-22-19-57(20-23-59)58-21-32-78-70(51-58)69-14-10-12-16-77(69)83(78)62-26-29-64-63-13-9-11-15-71(63)79(3,4)72(64)52-62/h9-32,49-54H,33-48H2,1-8H3. The molecule has 0 fully saturated rings. The summed E-state index contributed by atoms with van der Waals surface area (Å²) in [5.41, 5.74) is 26.1. The molecule has 0 atom stereocenters. The van der Waals surface area contributed by atoms with E-state index in [1.54, 1.807) is 28.4 Å². The van der Waals surface area contributed by atoms with Gasteiger partial charge in [-0.1, -0.05) is 140 Å². The van der Waals surface area contributed by atoms with Crippen molar-refractivity contribution in [2.24, 2.45) is 0 Å². The van der Waals surface area contributed by atoms with Gasteiger partial charge in [-0.25, -0.2) is 0 Å². The highest BCUT2D eigenvalue weighted by Crippen LogP contribution is 2.58. The van der Waals surface area contributed by atoms with E-state index in [-0.39, 0.29) is 5.41 Å². The molecule has 0 amide bonds. The van der Waals surface area contributed by atoms with Crippen molar-refractivity contribution < 1.29 is 37.9 Å². The molecule has 1 aromatic heterocycles. The van der Waals surface area contributed by atoms with Crippen LogP contribution in [0.1, 0.15) is 84.0 Å². The van der Waals surface area contributed by atoms with Gasteiger partial charge in [0.25, 0.3) is 0 Å². The Labute approximate surface area is 537 Å². The van der Waals surface area contributed by atoms with Gasteiger partial charge in [0.15, 0.2) is 0 Å². The Bertz CT molecular complexity index is 4070. The van der Waals surface area contributed by atoms with Gasteiger partial charge in [0.2, 0.25) is 0 Å². The number of fused-ring (bicyclic) bond motifs is 12. The Hall–Kier alpha value is -7.74. The number of hydrogen-bond donors (Lipinski definition) is 0. The molecule has 10 heteroatoms. The molecule has 91 heavy (non-hydrogen) atoms. The van der Waals surface area contributed by atoms with E-state index in [1.165, 1.54) is 105 Å². The normalized spacial score (nSPS) is 14.4. The maximum absolute atomic E-state index is 6.39. The molecule has 3 aliphatic rings. The topological polar surface area (TPSA) is 82.0 Å². The first kappa shape index (κ1) is 62.1. The fourth-order valence-electron chi connectivity index (χ4n) is 15.3. The molecule has 0 saturated carbocycles. The van der Waals surface area contributed by atoms with Crippen LogP contribution in [0, 0.1) is 13.8 Å². The highest BCUT2D eigenvalue weighted by Gasteiger charge is 2.46. The summed E-state index contributed by atoms with van der Waals surface area (Å²) in [7, 11) is 6.90. The number of anilines is 3. The average molecular weight is 1220 g/mol. The lowest BCUT2D eigenvalue weighted by atomic mass is 9.72. The van der Waals surface area contributed by atoms with Crippen molar-refractivity contribution in [3.63, 3.8) is 0 Å². The second kappa shape index (κ2) is 26.8. The summed E-state index contributed by atoms with van der Waals surface area (Å²) < 4.78 is 49.8. The van der Waals surface area contributed by atoms with Crippen LogP contribution < -0.4 is 4.90 Å². The number of benzene rings is 9. The van der Waals surface area contributed by atoms with Crippen molar-refractivity contribution in [2.75, 3.05) is 113 Å². The molecule has 0 N–H and O–H groups in total. The van der Waals surface area contributed by atoms with Crippen LogP contribution in [0.2, 0.25) is 0 Å². The first-order chi connectivity index (χ1) is 44.5. The quantitative estimate of drug-likeness (QED) is 0.0426. The number of rotatable bonds is 29. The van der Waals surface area contributed by atoms with Crippen molar-refractivity contribution in [1.29, 1.82) is 0 Å². The largest absolute Gasteiger partial charge is 0.382 e. The minimum Gasteiger partial charge on any atom is -0.382 e. The highest BCUT2D eigenvalue weighted by atomic mass is 16.5. The van der Waals surface area contributed by atoms with Gasteiger partial charge in [-0.15, -0.1) is 0 Å². The monoisotopic (exact) mass is 1210 g/mol. The number of hydrogen-bond acceptors (Lipinski definition) is 9. The molecule has 3 aliphatic carbocycles. The van der Waals surface area contributed by atoms with Gasteiger partial charge in [-0.2, -0.15) is 0 Å². The maximum atomic E-state index is 6.39. The average Bonchev–Trinajstić information content (AvgIpc) is 1.68. The Morgan fingerprint density at radius 1 is 0.330 bits per heavy atom. The van der Waals surface area contributed by atoms with Crippen LogP contribution in [0.5, 0.6) is 0 Å². The van der Waals surface area contributed by atoms with Crippen LogP contribution in [-0.2, 0) is 54.1 Å². The smallest absolute Gasteiger partial charge is 0.0700 e. The second-order valence-corrected chi connectivity index (χ2v) is 25.5. The number of nitrogens with zero attached hydrogens (tertiary/aromatic N) is 2. The first-order valence-corrected chi connectivity index (χ1v) is 32.5. The number of aromatic nitrogens is 1. The molecule has 10 nitrogen and oxygen atoms in total. The molecule has 0 unspecified atom stereocenters. The zero-order valence-corrected chi connectivity index (χ0v) is 54.3. The van der Waals surface area contributed by atoms with Gasteiger partial charge in [0, 0.05) is 105 Å². The summed E-state index contributed by atoms with van der Waals surface area (Å²) in [5, 5.41) is 2.45. The van der Waals surface area contributed by atoms with Gasteiger partial charge < -0.3 is 47.4 Å². The Morgan fingerprint density at radius 2 is 0.747 bits per heavy atom. The highest BCUT2D eigenvalue weighted by molar-refractivity contribution is 6.10. The van der Waals surface area contributed by atoms with Crippen LogP contribution >= 0.6 is 0 Å². The fraction of sp³-hybridized carbons (Fsp3) is 0.333. The van der Waals surface area contributed by atoms with Crippen molar-refractivity contribution in [3.05, 3.63) is 226 Å². The molecule has 13 rings (SSSR count). The number of aryl methyl sites for hydroxylation is 2. The van der Waals surface area contributed by atoms with Crippen molar-refractivity contribution in [2.45, 2.75) is 69.6 Å². The predicted octanol–water partition coefficient (Wildman–Crippen LogP) is 17.6. The van der Waals surface area contributed by atoms with E-state index >= 15 is 0 Å². The van der Waals surface area contributed by atoms with Gasteiger partial charge in [0.05, 0.1) is 63.9 Å². The van der Waals surface area contributed by atoms with E-state index in [4.69, 9.17) is 37.9 Å². The third-order valence-electron chi connectivity index (χ3n) is 19.9. The van der Waals surface area contributed by atoms with Gasteiger partial charge in [-0.05, 0) is 184 Å². The predicted molar refractivity (Wildman–Crippen MR) is 370 cm³/mol. The zero-order chi connectivity index (χ0) is 62.7. The molecule has 9 aromatic carbocycles. The van der Waals surface area contributed by atoms with E-state index < -0.39 is 10.8 Å². The Morgan fingerprint density at radius 3 is 1.27 bits per heavy atom. The van der Waals surface area contributed by atoms with Crippen LogP contribution in [0.15, 0.2) is 182 Å². The fourth-order valence-corrected chi connectivity index (χ4v) is 15.3. The molecular weight excluding hydrogens is 1130 g/mol. The second-order valence-electron chi connectivity index (χ2n) is 25.5. The van der Waals surface area contributed by atoms with Crippen LogP contribution in [0.3, 0.4) is 0 Å². The van der Waals surface area contributed by atoms with Crippen LogP contribution in [0.4, 0.5) is 17.1 Å². The third-order valence-corrected chi connectivity index (χ3v) is 19.9. The zero-order valence-electron chi connectivity index (χ0n) is 54.3. The summed E-state index contributed by atoms with van der Waals surface area (Å²) in [4.78, 5) is 2.48. The Balaban J connectivity index is 0.944.